The molecule has 12 heavy (non-hydrogen) atoms. The third-order valence-corrected chi connectivity index (χ3v) is 4.90. The van der Waals surface area contributed by atoms with Crippen LogP contribution in [-0.4, -0.2) is 20.0 Å². The van der Waals surface area contributed by atoms with Crippen molar-refractivity contribution in [2.24, 2.45) is 0 Å². The highest BCUT2D eigenvalue weighted by Gasteiger charge is 2.35. The number of hydrogen-bond acceptors (Lipinski definition) is 2. The zero-order chi connectivity index (χ0) is 9.78. The lowest BCUT2D eigenvalue weighted by atomic mass is 10.3. The Morgan fingerprint density at radius 2 is 2.00 bits per heavy atom. The number of ether oxygens (including phenoxy) is 1. The normalized spacial score (nSPS) is 14.1. The molecular formula is C8H17ClO2Si. The van der Waals surface area contributed by atoms with Gasteiger partial charge in [0.05, 0.1) is 12.1 Å². The summed E-state index contributed by atoms with van der Waals surface area (Å²) in [6.07, 6.45) is 0.779. The second-order valence-corrected chi connectivity index (χ2v) is 10.0. The molecule has 0 amide bonds. The quantitative estimate of drug-likeness (QED) is 0.404. The summed E-state index contributed by atoms with van der Waals surface area (Å²) >= 11 is 6.17. The van der Waals surface area contributed by atoms with Crippen LogP contribution in [0.4, 0.5) is 0 Å². The third-order valence-electron chi connectivity index (χ3n) is 1.81. The summed E-state index contributed by atoms with van der Waals surface area (Å²) in [6.45, 7) is 8.17. The van der Waals surface area contributed by atoms with Crippen LogP contribution in [-0.2, 0) is 9.53 Å². The van der Waals surface area contributed by atoms with Crippen LogP contribution in [0.1, 0.15) is 20.3 Å². The molecule has 4 heteroatoms. The van der Waals surface area contributed by atoms with Gasteiger partial charge in [-0.25, -0.2) is 0 Å². The summed E-state index contributed by atoms with van der Waals surface area (Å²) in [5, 5.41) is 0. The topological polar surface area (TPSA) is 26.3 Å². The minimum Gasteiger partial charge on any atom is -0.466 e. The van der Waals surface area contributed by atoms with Crippen LogP contribution < -0.4 is 0 Å². The van der Waals surface area contributed by atoms with Crippen molar-refractivity contribution in [1.82, 2.24) is 0 Å². The molecule has 0 bridgehead atoms. The van der Waals surface area contributed by atoms with Crippen molar-refractivity contribution in [2.45, 2.75) is 38.9 Å². The Morgan fingerprint density at radius 3 is 2.25 bits per heavy atom. The van der Waals surface area contributed by atoms with Crippen LogP contribution in [0.25, 0.3) is 0 Å². The van der Waals surface area contributed by atoms with Crippen molar-refractivity contribution in [3.8, 4) is 0 Å². The second kappa shape index (κ2) is 4.87. The van der Waals surface area contributed by atoms with Crippen molar-refractivity contribution in [1.29, 1.82) is 0 Å². The molecule has 0 aliphatic rings. The van der Waals surface area contributed by atoms with E-state index < -0.39 is 7.38 Å². The van der Waals surface area contributed by atoms with Gasteiger partial charge in [0.1, 0.15) is 0 Å². The van der Waals surface area contributed by atoms with Crippen molar-refractivity contribution >= 4 is 24.4 Å². The molecule has 0 saturated heterocycles. The van der Waals surface area contributed by atoms with Crippen LogP contribution in [0.3, 0.4) is 0 Å². The molecule has 1 atom stereocenters. The number of esters is 1. The van der Waals surface area contributed by atoms with Crippen LogP contribution in [0.2, 0.25) is 18.6 Å². The average molecular weight is 209 g/mol. The van der Waals surface area contributed by atoms with Crippen molar-refractivity contribution in [3.05, 3.63) is 0 Å². The number of halogens is 1. The highest BCUT2D eigenvalue weighted by molar-refractivity contribution is 7.20. The molecule has 0 spiro atoms. The van der Waals surface area contributed by atoms with Gasteiger partial charge in [-0.2, -0.15) is 11.1 Å². The van der Waals surface area contributed by atoms with E-state index >= 15 is 0 Å². The largest absolute Gasteiger partial charge is 0.466 e. The first-order chi connectivity index (χ1) is 5.43. The van der Waals surface area contributed by atoms with E-state index in [9.17, 15) is 4.79 Å². The fraction of sp³-hybridized carbons (Fsp3) is 0.875. The summed E-state index contributed by atoms with van der Waals surface area (Å²) in [5.41, 5.74) is -0.0703. The molecule has 0 saturated carbocycles. The van der Waals surface area contributed by atoms with Gasteiger partial charge in [-0.3, -0.25) is 4.79 Å². The maximum Gasteiger partial charge on any atom is 0.307 e. The summed E-state index contributed by atoms with van der Waals surface area (Å²) in [7, 11) is -1.89. The number of rotatable bonds is 4. The van der Waals surface area contributed by atoms with Crippen molar-refractivity contribution in [3.63, 3.8) is 0 Å². The van der Waals surface area contributed by atoms with Crippen molar-refractivity contribution < 1.29 is 9.53 Å². The Hall–Kier alpha value is -0.0231. The van der Waals surface area contributed by atoms with Crippen LogP contribution in [0, 0.1) is 0 Å². The summed E-state index contributed by atoms with van der Waals surface area (Å²) in [5.74, 6) is -0.133. The van der Waals surface area contributed by atoms with E-state index in [0.29, 0.717) is 6.61 Å². The lowest BCUT2D eigenvalue weighted by Crippen LogP contribution is -2.32. The Balaban J connectivity index is 4.25. The molecule has 0 aromatic heterocycles. The van der Waals surface area contributed by atoms with E-state index in [1.807, 2.05) is 26.9 Å². The minimum absolute atomic E-state index is 0.0703. The van der Waals surface area contributed by atoms with Gasteiger partial charge in [0.2, 0.25) is 0 Å². The second-order valence-electron chi connectivity index (χ2n) is 3.28. The lowest BCUT2D eigenvalue weighted by Gasteiger charge is -2.22. The number of carbonyl (C=O) groups excluding carboxylic acids is 1. The molecular weight excluding hydrogens is 192 g/mol. The van der Waals surface area contributed by atoms with Gasteiger partial charge in [-0.05, 0) is 13.3 Å². The molecule has 0 aliphatic carbocycles. The van der Waals surface area contributed by atoms with Gasteiger partial charge >= 0.3 is 5.97 Å². The molecule has 0 rings (SSSR count). The maximum atomic E-state index is 11.3. The van der Waals surface area contributed by atoms with E-state index in [0.717, 1.165) is 6.42 Å². The minimum atomic E-state index is -1.89. The van der Waals surface area contributed by atoms with Crippen LogP contribution in [0.15, 0.2) is 0 Å². The van der Waals surface area contributed by atoms with E-state index in [1.165, 1.54) is 0 Å². The molecule has 0 radical (unpaired) electrons. The molecule has 0 heterocycles. The van der Waals surface area contributed by atoms with E-state index in [1.54, 1.807) is 0 Å². The third kappa shape index (κ3) is 3.58. The Bertz CT molecular complexity index is 154. The van der Waals surface area contributed by atoms with Crippen molar-refractivity contribution in [2.75, 3.05) is 6.61 Å². The zero-order valence-electron chi connectivity index (χ0n) is 8.19. The highest BCUT2D eigenvalue weighted by atomic mass is 35.6. The molecule has 0 aromatic carbocycles. The molecule has 1 unspecified atom stereocenters. The first-order valence-electron chi connectivity index (χ1n) is 4.29. The number of carbonyl (C=O) groups is 1. The molecule has 0 aromatic rings. The SMILES string of the molecule is CCOC(=O)C(CC)[Si](C)(C)Cl. The predicted molar refractivity (Wildman–Crippen MR) is 54.0 cm³/mol. The smallest absolute Gasteiger partial charge is 0.307 e. The number of hydrogen-bond donors (Lipinski definition) is 0. The van der Waals surface area contributed by atoms with E-state index in [4.69, 9.17) is 15.8 Å². The zero-order valence-corrected chi connectivity index (χ0v) is 9.94. The summed E-state index contributed by atoms with van der Waals surface area (Å²) < 4.78 is 4.93. The van der Waals surface area contributed by atoms with Crippen LogP contribution >= 0.6 is 11.1 Å². The molecule has 72 valence electrons. The Labute approximate surface area is 80.0 Å². The molecule has 2 nitrogen and oxygen atoms in total. The Morgan fingerprint density at radius 1 is 1.50 bits per heavy atom. The molecule has 0 fully saturated rings. The maximum absolute atomic E-state index is 11.3. The van der Waals surface area contributed by atoms with E-state index in [-0.39, 0.29) is 11.5 Å². The summed E-state index contributed by atoms with van der Waals surface area (Å²) in [6, 6.07) is 0. The lowest BCUT2D eigenvalue weighted by molar-refractivity contribution is -0.143. The fourth-order valence-electron chi connectivity index (χ4n) is 1.18. The average Bonchev–Trinajstić information content (AvgIpc) is 1.85. The summed E-state index contributed by atoms with van der Waals surface area (Å²) in [4.78, 5) is 11.3. The van der Waals surface area contributed by atoms with Gasteiger partial charge in [-0.15, -0.1) is 0 Å². The molecule has 0 N–H and O–H groups in total. The van der Waals surface area contributed by atoms with E-state index in [2.05, 4.69) is 0 Å². The van der Waals surface area contributed by atoms with Gasteiger partial charge in [0.15, 0.2) is 7.38 Å². The van der Waals surface area contributed by atoms with Gasteiger partial charge in [-0.1, -0.05) is 20.0 Å². The Kier molecular flexibility index (Phi) is 4.86. The monoisotopic (exact) mass is 208 g/mol. The van der Waals surface area contributed by atoms with Gasteiger partial charge in [0, 0.05) is 0 Å². The first-order valence-corrected chi connectivity index (χ1v) is 8.37. The predicted octanol–water partition coefficient (Wildman–Crippen LogP) is 2.77. The molecule has 0 aliphatic heterocycles. The first kappa shape index (κ1) is 12.0. The van der Waals surface area contributed by atoms with Crippen LogP contribution in [0.5, 0.6) is 0 Å². The van der Waals surface area contributed by atoms with Gasteiger partial charge in [0.25, 0.3) is 0 Å². The van der Waals surface area contributed by atoms with Gasteiger partial charge < -0.3 is 4.74 Å². The standard InChI is InChI=1S/C8H17ClO2Si/c1-5-7(12(3,4)9)8(10)11-6-2/h7H,5-6H2,1-4H3. The fourth-order valence-corrected chi connectivity index (χ4v) is 3.52. The highest BCUT2D eigenvalue weighted by Crippen LogP contribution is 2.29.